The van der Waals surface area contributed by atoms with E-state index >= 15 is 0 Å². The van der Waals surface area contributed by atoms with E-state index in [1.54, 1.807) is 12.2 Å². The van der Waals surface area contributed by atoms with Crippen molar-refractivity contribution in [2.24, 2.45) is 11.8 Å². The third-order valence-electron chi connectivity index (χ3n) is 2.82. The fraction of sp³-hybridized carbons (Fsp3) is 0.455. The lowest BCUT2D eigenvalue weighted by Gasteiger charge is -2.23. The zero-order valence-corrected chi connectivity index (χ0v) is 7.40. The number of hydrogen-bond acceptors (Lipinski definition) is 2. The summed E-state index contributed by atoms with van der Waals surface area (Å²) in [7, 11) is 0. The minimum absolute atomic E-state index is 0.0486. The summed E-state index contributed by atoms with van der Waals surface area (Å²) < 4.78 is 0. The van der Waals surface area contributed by atoms with E-state index in [0.29, 0.717) is 12.3 Å². The first-order chi connectivity index (χ1) is 6.27. The number of allylic oxidation sites excluding steroid dienone is 4. The molecule has 0 N–H and O–H groups in total. The first-order valence-electron chi connectivity index (χ1n) is 4.67. The van der Waals surface area contributed by atoms with Crippen molar-refractivity contribution in [3.8, 4) is 0 Å². The fourth-order valence-electron chi connectivity index (χ4n) is 2.07. The summed E-state index contributed by atoms with van der Waals surface area (Å²) in [6.07, 6.45) is 9.28. The topological polar surface area (TPSA) is 34.1 Å². The molecule has 2 rings (SSSR count). The standard InChI is InChI=1S/C11H12O2/c12-9-5-1-3-8-4-2-6-11(13)10(8)7-9/h1-2,5-6,8,10H,3-4,7H2/t8-,10?/m1/s1. The summed E-state index contributed by atoms with van der Waals surface area (Å²) in [5.41, 5.74) is 0. The van der Waals surface area contributed by atoms with Gasteiger partial charge in [0, 0.05) is 12.3 Å². The molecule has 0 saturated carbocycles. The van der Waals surface area contributed by atoms with Crippen LogP contribution in [0.15, 0.2) is 24.3 Å². The molecular formula is C11H12O2. The second-order valence-corrected chi connectivity index (χ2v) is 3.72. The summed E-state index contributed by atoms with van der Waals surface area (Å²) in [6.45, 7) is 0. The molecule has 0 fully saturated rings. The Kier molecular flexibility index (Phi) is 2.13. The van der Waals surface area contributed by atoms with Gasteiger partial charge in [-0.1, -0.05) is 12.2 Å². The molecule has 0 saturated heterocycles. The van der Waals surface area contributed by atoms with E-state index in [0.717, 1.165) is 12.8 Å². The van der Waals surface area contributed by atoms with Gasteiger partial charge in [0.2, 0.25) is 0 Å². The monoisotopic (exact) mass is 176 g/mol. The summed E-state index contributed by atoms with van der Waals surface area (Å²) in [5, 5.41) is 0. The van der Waals surface area contributed by atoms with Crippen LogP contribution in [0.4, 0.5) is 0 Å². The zero-order chi connectivity index (χ0) is 9.26. The van der Waals surface area contributed by atoms with E-state index in [1.807, 2.05) is 12.2 Å². The molecule has 2 atom stereocenters. The van der Waals surface area contributed by atoms with E-state index in [-0.39, 0.29) is 17.5 Å². The van der Waals surface area contributed by atoms with Gasteiger partial charge in [0.15, 0.2) is 11.6 Å². The van der Waals surface area contributed by atoms with Crippen LogP contribution in [0.1, 0.15) is 19.3 Å². The third-order valence-corrected chi connectivity index (χ3v) is 2.82. The molecule has 0 aromatic rings. The van der Waals surface area contributed by atoms with Gasteiger partial charge >= 0.3 is 0 Å². The molecule has 68 valence electrons. The maximum Gasteiger partial charge on any atom is 0.159 e. The fourth-order valence-corrected chi connectivity index (χ4v) is 2.07. The van der Waals surface area contributed by atoms with Gasteiger partial charge in [0.05, 0.1) is 0 Å². The number of fused-ring (bicyclic) bond motifs is 1. The predicted molar refractivity (Wildman–Crippen MR) is 49.1 cm³/mol. The molecule has 13 heavy (non-hydrogen) atoms. The van der Waals surface area contributed by atoms with Gasteiger partial charge in [0.1, 0.15) is 0 Å². The van der Waals surface area contributed by atoms with E-state index in [1.165, 1.54) is 0 Å². The van der Waals surface area contributed by atoms with Gasteiger partial charge in [-0.3, -0.25) is 9.59 Å². The largest absolute Gasteiger partial charge is 0.295 e. The minimum Gasteiger partial charge on any atom is -0.295 e. The lowest BCUT2D eigenvalue weighted by Crippen LogP contribution is -2.25. The Morgan fingerprint density at radius 2 is 1.77 bits per heavy atom. The lowest BCUT2D eigenvalue weighted by atomic mass is 9.79. The summed E-state index contributed by atoms with van der Waals surface area (Å²) in [6, 6.07) is 0. The molecule has 2 aliphatic carbocycles. The first kappa shape index (κ1) is 8.42. The minimum atomic E-state index is -0.0486. The zero-order valence-electron chi connectivity index (χ0n) is 7.40. The third kappa shape index (κ3) is 1.62. The van der Waals surface area contributed by atoms with Crippen molar-refractivity contribution in [2.45, 2.75) is 19.3 Å². The smallest absolute Gasteiger partial charge is 0.159 e. The predicted octanol–water partition coefficient (Wildman–Crippen LogP) is 1.67. The summed E-state index contributed by atoms with van der Waals surface area (Å²) in [4.78, 5) is 22.7. The number of ketones is 2. The van der Waals surface area contributed by atoms with Crippen LogP contribution in [0, 0.1) is 11.8 Å². The number of rotatable bonds is 0. The molecule has 0 radical (unpaired) electrons. The molecule has 2 aliphatic rings. The van der Waals surface area contributed by atoms with E-state index in [4.69, 9.17) is 0 Å². The molecule has 0 aliphatic heterocycles. The van der Waals surface area contributed by atoms with Crippen LogP contribution in [0.5, 0.6) is 0 Å². The Morgan fingerprint density at radius 1 is 1.08 bits per heavy atom. The maximum atomic E-state index is 11.5. The van der Waals surface area contributed by atoms with Crippen molar-refractivity contribution in [3.05, 3.63) is 24.3 Å². The van der Waals surface area contributed by atoms with Crippen LogP contribution in [0.2, 0.25) is 0 Å². The highest BCUT2D eigenvalue weighted by Crippen LogP contribution is 2.31. The summed E-state index contributed by atoms with van der Waals surface area (Å²) in [5.74, 6) is 0.539. The van der Waals surface area contributed by atoms with Crippen LogP contribution in [0.3, 0.4) is 0 Å². The van der Waals surface area contributed by atoms with E-state index in [9.17, 15) is 9.59 Å². The Balaban J connectivity index is 2.23. The van der Waals surface area contributed by atoms with Gasteiger partial charge in [0.25, 0.3) is 0 Å². The first-order valence-corrected chi connectivity index (χ1v) is 4.67. The second kappa shape index (κ2) is 3.29. The van der Waals surface area contributed by atoms with Crippen molar-refractivity contribution in [1.29, 1.82) is 0 Å². The second-order valence-electron chi connectivity index (χ2n) is 3.72. The quantitative estimate of drug-likeness (QED) is 0.562. The molecule has 1 unspecified atom stereocenters. The van der Waals surface area contributed by atoms with Crippen molar-refractivity contribution in [3.63, 3.8) is 0 Å². The maximum absolute atomic E-state index is 11.5. The van der Waals surface area contributed by atoms with Gasteiger partial charge in [-0.25, -0.2) is 0 Å². The molecule has 0 amide bonds. The molecule has 0 aromatic carbocycles. The highest BCUT2D eigenvalue weighted by Gasteiger charge is 2.30. The molecule has 2 nitrogen and oxygen atoms in total. The van der Waals surface area contributed by atoms with Crippen LogP contribution in [-0.4, -0.2) is 11.6 Å². The Bertz CT molecular complexity index is 299. The van der Waals surface area contributed by atoms with Gasteiger partial charge < -0.3 is 0 Å². The average Bonchev–Trinajstić information content (AvgIpc) is 2.28. The van der Waals surface area contributed by atoms with Crippen LogP contribution in [0.25, 0.3) is 0 Å². The average molecular weight is 176 g/mol. The van der Waals surface area contributed by atoms with Gasteiger partial charge in [-0.15, -0.1) is 0 Å². The van der Waals surface area contributed by atoms with Crippen LogP contribution in [-0.2, 0) is 9.59 Å². The molecule has 0 spiro atoms. The highest BCUT2D eigenvalue weighted by atomic mass is 16.1. The summed E-state index contributed by atoms with van der Waals surface area (Å²) >= 11 is 0. The van der Waals surface area contributed by atoms with Gasteiger partial charge in [-0.05, 0) is 30.9 Å². The molecule has 0 heterocycles. The Hall–Kier alpha value is -1.18. The highest BCUT2D eigenvalue weighted by molar-refractivity contribution is 5.99. The van der Waals surface area contributed by atoms with Crippen LogP contribution >= 0.6 is 0 Å². The lowest BCUT2D eigenvalue weighted by molar-refractivity contribution is -0.124. The van der Waals surface area contributed by atoms with Crippen molar-refractivity contribution in [2.75, 3.05) is 0 Å². The van der Waals surface area contributed by atoms with Crippen molar-refractivity contribution in [1.82, 2.24) is 0 Å². The molecule has 0 aromatic heterocycles. The Labute approximate surface area is 77.3 Å². The van der Waals surface area contributed by atoms with Crippen molar-refractivity contribution >= 4 is 11.6 Å². The number of carbonyl (C=O) groups excluding carboxylic acids is 2. The van der Waals surface area contributed by atoms with Gasteiger partial charge in [-0.2, -0.15) is 0 Å². The molecular weight excluding hydrogens is 164 g/mol. The molecule has 0 bridgehead atoms. The SMILES string of the molecule is O=C1C=CC[C@@H]2CC=CC(=O)C2C1. The van der Waals surface area contributed by atoms with Crippen LogP contribution < -0.4 is 0 Å². The normalized spacial score (nSPS) is 32.9. The van der Waals surface area contributed by atoms with E-state index in [2.05, 4.69) is 0 Å². The van der Waals surface area contributed by atoms with Crippen molar-refractivity contribution < 1.29 is 9.59 Å². The van der Waals surface area contributed by atoms with E-state index < -0.39 is 0 Å². The Morgan fingerprint density at radius 3 is 2.54 bits per heavy atom. The number of carbonyl (C=O) groups is 2. The number of hydrogen-bond donors (Lipinski definition) is 0. The molecule has 2 heteroatoms.